The van der Waals surface area contributed by atoms with Crippen molar-refractivity contribution in [1.29, 1.82) is 0 Å². The summed E-state index contributed by atoms with van der Waals surface area (Å²) in [4.78, 5) is 2.58. The highest BCUT2D eigenvalue weighted by Gasteiger charge is 2.29. The molecule has 0 amide bonds. The number of nitrogens with zero attached hydrogens (tertiary/aromatic N) is 1. The largest absolute Gasteiger partial charge is 0.377 e. The fourth-order valence-electron chi connectivity index (χ4n) is 2.25. The van der Waals surface area contributed by atoms with Crippen molar-refractivity contribution in [3.05, 3.63) is 0 Å². The Bertz CT molecular complexity index is 141. The van der Waals surface area contributed by atoms with E-state index < -0.39 is 0 Å². The van der Waals surface area contributed by atoms with Gasteiger partial charge in [-0.2, -0.15) is 0 Å². The van der Waals surface area contributed by atoms with Crippen LogP contribution in [0.2, 0.25) is 0 Å². The highest BCUT2D eigenvalue weighted by molar-refractivity contribution is 4.84. The molecule has 0 spiro atoms. The third kappa shape index (κ3) is 1.64. The van der Waals surface area contributed by atoms with Crippen molar-refractivity contribution in [3.63, 3.8) is 0 Å². The summed E-state index contributed by atoms with van der Waals surface area (Å²) in [6.45, 7) is 5.78. The normalized spacial score (nSPS) is 36.8. The van der Waals surface area contributed by atoms with Gasteiger partial charge in [-0.15, -0.1) is 0 Å². The summed E-state index contributed by atoms with van der Waals surface area (Å²) < 4.78 is 5.61. The summed E-state index contributed by atoms with van der Waals surface area (Å²) >= 11 is 0. The highest BCUT2D eigenvalue weighted by Crippen LogP contribution is 2.23. The first-order chi connectivity index (χ1) is 5.90. The number of likely N-dealkylation sites (tertiary alicyclic amines) is 1. The topological polar surface area (TPSA) is 12.5 Å². The molecular formula is C10H19NO. The first kappa shape index (κ1) is 8.52. The fourth-order valence-corrected chi connectivity index (χ4v) is 2.25. The molecule has 0 radical (unpaired) electrons. The van der Waals surface area contributed by atoms with Gasteiger partial charge in [-0.25, -0.2) is 0 Å². The van der Waals surface area contributed by atoms with Crippen LogP contribution in [0.4, 0.5) is 0 Å². The molecule has 0 saturated carbocycles. The molecule has 70 valence electrons. The Morgan fingerprint density at radius 1 is 1.42 bits per heavy atom. The zero-order chi connectivity index (χ0) is 8.39. The lowest BCUT2D eigenvalue weighted by molar-refractivity contribution is 0.0153. The molecule has 0 N–H and O–H groups in total. The van der Waals surface area contributed by atoms with Gasteiger partial charge in [-0.3, -0.25) is 4.90 Å². The summed E-state index contributed by atoms with van der Waals surface area (Å²) in [7, 11) is 0. The van der Waals surface area contributed by atoms with Crippen LogP contribution in [0.5, 0.6) is 0 Å². The van der Waals surface area contributed by atoms with Crippen LogP contribution in [-0.2, 0) is 4.74 Å². The van der Waals surface area contributed by atoms with Crippen molar-refractivity contribution in [3.8, 4) is 0 Å². The van der Waals surface area contributed by atoms with Crippen molar-refractivity contribution >= 4 is 0 Å². The second kappa shape index (κ2) is 3.75. The third-order valence-electron chi connectivity index (χ3n) is 3.20. The Hall–Kier alpha value is -0.0800. The van der Waals surface area contributed by atoms with Gasteiger partial charge in [-0.05, 0) is 25.7 Å². The quantitative estimate of drug-likeness (QED) is 0.637. The van der Waals surface area contributed by atoms with Crippen molar-refractivity contribution in [2.45, 2.75) is 44.8 Å². The molecule has 12 heavy (non-hydrogen) atoms. The molecule has 2 fully saturated rings. The van der Waals surface area contributed by atoms with E-state index in [1.807, 2.05) is 0 Å². The molecule has 2 atom stereocenters. The lowest BCUT2D eigenvalue weighted by Gasteiger charge is -2.41. The average Bonchev–Trinajstić information content (AvgIpc) is 2.51. The Morgan fingerprint density at radius 2 is 2.33 bits per heavy atom. The third-order valence-corrected chi connectivity index (χ3v) is 3.20. The molecule has 0 aromatic carbocycles. The highest BCUT2D eigenvalue weighted by atomic mass is 16.5. The van der Waals surface area contributed by atoms with E-state index in [1.165, 1.54) is 38.8 Å². The maximum absolute atomic E-state index is 5.61. The van der Waals surface area contributed by atoms with Crippen molar-refractivity contribution in [1.82, 2.24) is 4.90 Å². The molecule has 2 heterocycles. The minimum Gasteiger partial charge on any atom is -0.377 e. The first-order valence-electron chi connectivity index (χ1n) is 5.26. The minimum atomic E-state index is 0.555. The van der Waals surface area contributed by atoms with Gasteiger partial charge >= 0.3 is 0 Å². The maximum Gasteiger partial charge on any atom is 0.0702 e. The Labute approximate surface area is 74.9 Å². The van der Waals surface area contributed by atoms with Gasteiger partial charge < -0.3 is 4.74 Å². The molecule has 2 aliphatic rings. The van der Waals surface area contributed by atoms with Crippen LogP contribution in [0.15, 0.2) is 0 Å². The van der Waals surface area contributed by atoms with Crippen LogP contribution >= 0.6 is 0 Å². The summed E-state index contributed by atoms with van der Waals surface area (Å²) in [5.41, 5.74) is 0. The monoisotopic (exact) mass is 169 g/mol. The van der Waals surface area contributed by atoms with E-state index in [1.54, 1.807) is 0 Å². The standard InChI is InChI=1S/C10H19NO/c1-2-9-5-6-11(9)8-10-4-3-7-12-10/h9-10H,2-8H2,1H3. The Balaban J connectivity index is 1.71. The zero-order valence-electron chi connectivity index (χ0n) is 7.96. The first-order valence-corrected chi connectivity index (χ1v) is 5.26. The number of hydrogen-bond donors (Lipinski definition) is 0. The predicted molar refractivity (Wildman–Crippen MR) is 49.2 cm³/mol. The predicted octanol–water partition coefficient (Wildman–Crippen LogP) is 1.65. The van der Waals surface area contributed by atoms with Crippen molar-refractivity contribution in [2.24, 2.45) is 0 Å². The molecule has 2 heteroatoms. The van der Waals surface area contributed by atoms with Gasteiger partial charge in [0, 0.05) is 25.7 Å². The molecular weight excluding hydrogens is 150 g/mol. The maximum atomic E-state index is 5.61. The fraction of sp³-hybridized carbons (Fsp3) is 1.00. The molecule has 2 unspecified atom stereocenters. The number of hydrogen-bond acceptors (Lipinski definition) is 2. The summed E-state index contributed by atoms with van der Waals surface area (Å²) in [6.07, 6.45) is 5.83. The lowest BCUT2D eigenvalue weighted by Crippen LogP contribution is -2.50. The van der Waals surface area contributed by atoms with Gasteiger partial charge in [0.05, 0.1) is 6.10 Å². The van der Waals surface area contributed by atoms with Crippen LogP contribution in [0.3, 0.4) is 0 Å². The second-order valence-electron chi connectivity index (χ2n) is 3.98. The second-order valence-corrected chi connectivity index (χ2v) is 3.98. The van der Waals surface area contributed by atoms with Crippen LogP contribution in [0.1, 0.15) is 32.6 Å². The van der Waals surface area contributed by atoms with E-state index >= 15 is 0 Å². The van der Waals surface area contributed by atoms with E-state index in [2.05, 4.69) is 11.8 Å². The summed E-state index contributed by atoms with van der Waals surface area (Å²) in [6, 6.07) is 0.870. The SMILES string of the molecule is CCC1CCN1CC1CCCO1. The van der Waals surface area contributed by atoms with Crippen LogP contribution in [0.25, 0.3) is 0 Å². The molecule has 0 aromatic rings. The van der Waals surface area contributed by atoms with E-state index in [4.69, 9.17) is 4.74 Å². The minimum absolute atomic E-state index is 0.555. The molecule has 0 aromatic heterocycles. The Kier molecular flexibility index (Phi) is 2.66. The van der Waals surface area contributed by atoms with Gasteiger partial charge in [0.15, 0.2) is 0 Å². The molecule has 2 nitrogen and oxygen atoms in total. The summed E-state index contributed by atoms with van der Waals surface area (Å²) in [5, 5.41) is 0. The Morgan fingerprint density at radius 3 is 2.83 bits per heavy atom. The molecule has 0 bridgehead atoms. The van der Waals surface area contributed by atoms with Gasteiger partial charge in [0.2, 0.25) is 0 Å². The molecule has 2 saturated heterocycles. The van der Waals surface area contributed by atoms with E-state index in [0.29, 0.717) is 6.10 Å². The van der Waals surface area contributed by atoms with E-state index in [9.17, 15) is 0 Å². The van der Waals surface area contributed by atoms with Gasteiger partial charge in [0.1, 0.15) is 0 Å². The number of ether oxygens (including phenoxy) is 1. The smallest absolute Gasteiger partial charge is 0.0702 e. The average molecular weight is 169 g/mol. The van der Waals surface area contributed by atoms with Gasteiger partial charge in [0.25, 0.3) is 0 Å². The van der Waals surface area contributed by atoms with Crippen LogP contribution in [0, 0.1) is 0 Å². The summed E-state index contributed by atoms with van der Waals surface area (Å²) in [5.74, 6) is 0. The van der Waals surface area contributed by atoms with Crippen molar-refractivity contribution in [2.75, 3.05) is 19.7 Å². The molecule has 0 aliphatic carbocycles. The molecule has 2 aliphatic heterocycles. The van der Waals surface area contributed by atoms with Crippen LogP contribution < -0.4 is 0 Å². The van der Waals surface area contributed by atoms with Crippen LogP contribution in [-0.4, -0.2) is 36.7 Å². The lowest BCUT2D eigenvalue weighted by atomic mass is 9.99. The van der Waals surface area contributed by atoms with E-state index in [0.717, 1.165) is 12.6 Å². The van der Waals surface area contributed by atoms with Crippen molar-refractivity contribution < 1.29 is 4.74 Å². The zero-order valence-corrected chi connectivity index (χ0v) is 7.96. The molecule has 2 rings (SSSR count). The van der Waals surface area contributed by atoms with E-state index in [-0.39, 0.29) is 0 Å². The van der Waals surface area contributed by atoms with Gasteiger partial charge in [-0.1, -0.05) is 6.92 Å². The number of rotatable bonds is 3.